The smallest absolute Gasteiger partial charge is 0.249 e. The van der Waals surface area contributed by atoms with Crippen molar-refractivity contribution in [2.24, 2.45) is 16.5 Å². The minimum atomic E-state index is -1.00. The quantitative estimate of drug-likeness (QED) is 0.541. The van der Waals surface area contributed by atoms with Gasteiger partial charge in [0, 0.05) is 23.5 Å². The number of primary amides is 1. The Hall–Kier alpha value is -4.25. The van der Waals surface area contributed by atoms with Crippen LogP contribution in [0.2, 0.25) is 0 Å². The fourth-order valence-corrected chi connectivity index (χ4v) is 4.47. The van der Waals surface area contributed by atoms with Gasteiger partial charge in [-0.05, 0) is 34.4 Å². The maximum atomic E-state index is 12.9. The number of pyridine rings is 1. The zero-order valence-electron chi connectivity index (χ0n) is 16.7. The molecule has 5 rings (SSSR count). The number of amides is 1. The zero-order valence-corrected chi connectivity index (χ0v) is 16.7. The van der Waals surface area contributed by atoms with Gasteiger partial charge in [0.1, 0.15) is 11.4 Å². The summed E-state index contributed by atoms with van der Waals surface area (Å²) in [5, 5.41) is 0. The Bertz CT molecular complexity index is 1320. The molecule has 1 aromatic heterocycles. The molecule has 5 nitrogen and oxygen atoms in total. The lowest BCUT2D eigenvalue weighted by Crippen LogP contribution is -2.30. The van der Waals surface area contributed by atoms with E-state index in [0.29, 0.717) is 17.0 Å². The topological polar surface area (TPSA) is 94.4 Å². The van der Waals surface area contributed by atoms with Gasteiger partial charge in [-0.1, -0.05) is 72.8 Å². The molecule has 0 saturated heterocycles. The summed E-state index contributed by atoms with van der Waals surface area (Å²) in [6, 6.07) is 27.1. The molecule has 0 fully saturated rings. The zero-order chi connectivity index (χ0) is 21.4. The lowest BCUT2D eigenvalue weighted by Gasteiger charge is -2.31. The van der Waals surface area contributed by atoms with Crippen molar-refractivity contribution in [2.75, 3.05) is 0 Å². The summed E-state index contributed by atoms with van der Waals surface area (Å²) < 4.78 is 0. The third kappa shape index (κ3) is 2.82. The standard InChI is InChI=1S/C26H20N4O/c27-24-20-9-4-5-11-21(20)26(30-24,18-13-15-29-16-14-18)22-12-6-10-19(23(22)25(28)31)17-7-2-1-3-8-17/h1-16H,(H2,27,30)(H2,28,31). The van der Waals surface area contributed by atoms with Crippen molar-refractivity contribution in [1.82, 2.24) is 4.98 Å². The van der Waals surface area contributed by atoms with Crippen LogP contribution in [0.1, 0.15) is 32.6 Å². The van der Waals surface area contributed by atoms with Gasteiger partial charge in [0.05, 0.1) is 5.56 Å². The van der Waals surface area contributed by atoms with Crippen LogP contribution in [0.15, 0.2) is 102 Å². The minimum absolute atomic E-state index is 0.424. The Morgan fingerprint density at radius 3 is 2.13 bits per heavy atom. The number of aliphatic imine (C=N–C) groups is 1. The molecule has 31 heavy (non-hydrogen) atoms. The van der Waals surface area contributed by atoms with E-state index in [4.69, 9.17) is 16.5 Å². The van der Waals surface area contributed by atoms with Crippen molar-refractivity contribution in [2.45, 2.75) is 5.54 Å². The number of nitrogens with zero attached hydrogens (tertiary/aromatic N) is 2. The molecule has 1 amide bonds. The molecule has 3 aromatic carbocycles. The second kappa shape index (κ2) is 7.22. The van der Waals surface area contributed by atoms with E-state index in [9.17, 15) is 4.79 Å². The fraction of sp³-hybridized carbons (Fsp3) is 0.0385. The van der Waals surface area contributed by atoms with Crippen LogP contribution in [0.3, 0.4) is 0 Å². The molecule has 150 valence electrons. The van der Waals surface area contributed by atoms with Crippen molar-refractivity contribution in [3.63, 3.8) is 0 Å². The average Bonchev–Trinajstić information content (AvgIpc) is 3.13. The highest BCUT2D eigenvalue weighted by atomic mass is 16.1. The van der Waals surface area contributed by atoms with Crippen molar-refractivity contribution < 1.29 is 4.79 Å². The number of carbonyl (C=O) groups is 1. The summed E-state index contributed by atoms with van der Waals surface area (Å²) in [5.41, 5.74) is 16.8. The number of nitrogens with two attached hydrogens (primary N) is 2. The average molecular weight is 404 g/mol. The van der Waals surface area contributed by atoms with Crippen molar-refractivity contribution in [3.8, 4) is 11.1 Å². The van der Waals surface area contributed by atoms with E-state index in [0.717, 1.165) is 27.8 Å². The number of carbonyl (C=O) groups excluding carboxylic acids is 1. The molecule has 0 saturated carbocycles. The molecule has 0 radical (unpaired) electrons. The van der Waals surface area contributed by atoms with Crippen LogP contribution < -0.4 is 11.5 Å². The van der Waals surface area contributed by atoms with E-state index in [-0.39, 0.29) is 0 Å². The molecule has 0 aliphatic carbocycles. The Morgan fingerprint density at radius 1 is 0.742 bits per heavy atom. The number of aromatic nitrogens is 1. The first-order valence-corrected chi connectivity index (χ1v) is 9.97. The van der Waals surface area contributed by atoms with Gasteiger partial charge < -0.3 is 11.5 Å². The Balaban J connectivity index is 1.91. The fourth-order valence-electron chi connectivity index (χ4n) is 4.47. The Morgan fingerprint density at radius 2 is 1.39 bits per heavy atom. The van der Waals surface area contributed by atoms with Crippen molar-refractivity contribution >= 4 is 11.7 Å². The van der Waals surface area contributed by atoms with Gasteiger partial charge in [0.2, 0.25) is 5.91 Å². The molecule has 0 spiro atoms. The first-order valence-electron chi connectivity index (χ1n) is 9.97. The Kier molecular flexibility index (Phi) is 4.37. The van der Waals surface area contributed by atoms with Crippen molar-refractivity contribution in [1.29, 1.82) is 0 Å². The summed E-state index contributed by atoms with van der Waals surface area (Å²) in [5.74, 6) is -0.0889. The van der Waals surface area contributed by atoms with Gasteiger partial charge in [0.15, 0.2) is 0 Å². The Labute approximate surface area is 180 Å². The maximum absolute atomic E-state index is 12.9. The van der Waals surface area contributed by atoms with Gasteiger partial charge in [-0.15, -0.1) is 0 Å². The van der Waals surface area contributed by atoms with E-state index in [2.05, 4.69) is 4.98 Å². The maximum Gasteiger partial charge on any atom is 0.249 e. The van der Waals surface area contributed by atoms with Gasteiger partial charge in [-0.25, -0.2) is 4.99 Å². The second-order valence-corrected chi connectivity index (χ2v) is 7.45. The molecule has 5 heteroatoms. The lowest BCUT2D eigenvalue weighted by molar-refractivity contribution is 0.0999. The van der Waals surface area contributed by atoms with Gasteiger partial charge in [-0.3, -0.25) is 9.78 Å². The number of hydrogen-bond acceptors (Lipinski definition) is 4. The predicted molar refractivity (Wildman–Crippen MR) is 122 cm³/mol. The summed E-state index contributed by atoms with van der Waals surface area (Å²) in [7, 11) is 0. The SMILES string of the molecule is NC(=O)c1c(-c2ccccc2)cccc1C1(c2ccncc2)N=C(N)c2ccccc21. The van der Waals surface area contributed by atoms with Crippen LogP contribution in [0.4, 0.5) is 0 Å². The van der Waals surface area contributed by atoms with E-state index < -0.39 is 11.4 Å². The number of benzene rings is 3. The van der Waals surface area contributed by atoms with E-state index in [1.807, 2.05) is 84.9 Å². The van der Waals surface area contributed by atoms with Gasteiger partial charge in [-0.2, -0.15) is 0 Å². The summed E-state index contributed by atoms with van der Waals surface area (Å²) in [6.45, 7) is 0. The molecule has 1 atom stereocenters. The first-order chi connectivity index (χ1) is 15.1. The number of fused-ring (bicyclic) bond motifs is 1. The molecular formula is C26H20N4O. The van der Waals surface area contributed by atoms with Crippen LogP contribution in [-0.4, -0.2) is 16.7 Å². The molecule has 1 unspecified atom stereocenters. The first kappa shape index (κ1) is 18.8. The number of rotatable bonds is 4. The van der Waals surface area contributed by atoms with Crippen LogP contribution in [0, 0.1) is 0 Å². The highest BCUT2D eigenvalue weighted by Gasteiger charge is 2.45. The molecule has 4 N–H and O–H groups in total. The normalized spacial score (nSPS) is 17.1. The number of amidine groups is 1. The largest absolute Gasteiger partial charge is 0.383 e. The van der Waals surface area contributed by atoms with Gasteiger partial charge >= 0.3 is 0 Å². The highest BCUT2D eigenvalue weighted by Crippen LogP contribution is 2.48. The molecule has 2 heterocycles. The van der Waals surface area contributed by atoms with Crippen LogP contribution in [0.25, 0.3) is 11.1 Å². The molecule has 1 aliphatic rings. The number of hydrogen-bond donors (Lipinski definition) is 2. The molecule has 4 aromatic rings. The summed E-state index contributed by atoms with van der Waals surface area (Å²) in [6.07, 6.45) is 3.43. The van der Waals surface area contributed by atoms with E-state index >= 15 is 0 Å². The highest BCUT2D eigenvalue weighted by molar-refractivity contribution is 6.06. The molecular weight excluding hydrogens is 384 g/mol. The third-order valence-corrected chi connectivity index (χ3v) is 5.76. The second-order valence-electron chi connectivity index (χ2n) is 7.45. The van der Waals surface area contributed by atoms with Crippen LogP contribution >= 0.6 is 0 Å². The van der Waals surface area contributed by atoms with E-state index in [1.54, 1.807) is 12.4 Å². The third-order valence-electron chi connectivity index (χ3n) is 5.76. The summed E-state index contributed by atoms with van der Waals surface area (Å²) >= 11 is 0. The lowest BCUT2D eigenvalue weighted by atomic mass is 9.74. The van der Waals surface area contributed by atoms with Gasteiger partial charge in [0.25, 0.3) is 0 Å². The van der Waals surface area contributed by atoms with Crippen LogP contribution in [0.5, 0.6) is 0 Å². The van der Waals surface area contributed by atoms with Crippen LogP contribution in [-0.2, 0) is 5.54 Å². The predicted octanol–water partition coefficient (Wildman–Crippen LogP) is 3.86. The van der Waals surface area contributed by atoms with E-state index in [1.165, 1.54) is 0 Å². The summed E-state index contributed by atoms with van der Waals surface area (Å²) in [4.78, 5) is 22.0. The van der Waals surface area contributed by atoms with Crippen molar-refractivity contribution in [3.05, 3.63) is 125 Å². The molecule has 0 bridgehead atoms. The minimum Gasteiger partial charge on any atom is -0.383 e. The monoisotopic (exact) mass is 404 g/mol. The molecule has 1 aliphatic heterocycles.